The number of hydrogen-bond donors (Lipinski definition) is 0. The molecule has 0 radical (unpaired) electrons. The molecule has 3 aromatic carbocycles. The Bertz CT molecular complexity index is 921. The molecule has 1 nitrogen and oxygen atoms in total. The van der Waals surface area contributed by atoms with Crippen LogP contribution in [0.4, 0.5) is 0 Å². The van der Waals surface area contributed by atoms with Crippen LogP contribution in [-0.2, 0) is 0 Å². The summed E-state index contributed by atoms with van der Waals surface area (Å²) in [6, 6.07) is 31.1. The molecule has 1 aliphatic heterocycles. The van der Waals surface area contributed by atoms with Crippen molar-refractivity contribution in [3.8, 4) is 0 Å². The Labute approximate surface area is 174 Å². The Morgan fingerprint density at radius 1 is 0.786 bits per heavy atom. The highest BCUT2D eigenvalue weighted by molar-refractivity contribution is 8.14. The molecule has 0 aliphatic carbocycles. The number of benzene rings is 3. The molecule has 0 spiro atoms. The summed E-state index contributed by atoms with van der Waals surface area (Å²) in [6.45, 7) is 6.77. The Morgan fingerprint density at radius 3 is 1.86 bits per heavy atom. The second kappa shape index (κ2) is 8.23. The lowest BCUT2D eigenvalue weighted by Crippen LogP contribution is -2.24. The molecule has 4 rings (SSSR count). The standard InChI is InChI=1S/C25H26NPS/c1-25(2,3)24-26-22(18-28-24)21-16-10-11-17-23(21)27(19-12-6-4-7-13-19)20-14-8-5-9-15-20/h4-17,22H,18H2,1-3H3/t22-/m1/s1. The van der Waals surface area contributed by atoms with Crippen LogP contribution in [0.3, 0.4) is 0 Å². The fraction of sp³-hybridized carbons (Fsp3) is 0.240. The summed E-state index contributed by atoms with van der Waals surface area (Å²) in [5.74, 6) is 1.04. The molecule has 0 fully saturated rings. The van der Waals surface area contributed by atoms with Gasteiger partial charge in [-0.25, -0.2) is 0 Å². The van der Waals surface area contributed by atoms with E-state index in [9.17, 15) is 0 Å². The molecule has 0 N–H and O–H groups in total. The molecule has 0 unspecified atom stereocenters. The lowest BCUT2D eigenvalue weighted by atomic mass is 9.98. The van der Waals surface area contributed by atoms with Crippen molar-refractivity contribution in [2.75, 3.05) is 5.75 Å². The van der Waals surface area contributed by atoms with Crippen molar-refractivity contribution < 1.29 is 0 Å². The molecule has 1 aliphatic rings. The first kappa shape index (κ1) is 19.4. The number of hydrogen-bond acceptors (Lipinski definition) is 2. The molecule has 3 aromatic rings. The zero-order valence-electron chi connectivity index (χ0n) is 16.7. The molecule has 0 saturated heterocycles. The van der Waals surface area contributed by atoms with Crippen molar-refractivity contribution in [2.24, 2.45) is 10.4 Å². The van der Waals surface area contributed by atoms with Gasteiger partial charge in [0.25, 0.3) is 0 Å². The van der Waals surface area contributed by atoms with Gasteiger partial charge in [-0.05, 0) is 29.4 Å². The van der Waals surface area contributed by atoms with Crippen molar-refractivity contribution in [1.29, 1.82) is 0 Å². The zero-order valence-corrected chi connectivity index (χ0v) is 18.4. The average molecular weight is 404 g/mol. The highest BCUT2D eigenvalue weighted by Crippen LogP contribution is 2.41. The Morgan fingerprint density at radius 2 is 1.32 bits per heavy atom. The second-order valence-corrected chi connectivity index (χ2v) is 11.3. The van der Waals surface area contributed by atoms with Crippen molar-refractivity contribution in [3.05, 3.63) is 90.5 Å². The van der Waals surface area contributed by atoms with Gasteiger partial charge < -0.3 is 0 Å². The van der Waals surface area contributed by atoms with E-state index in [1.165, 1.54) is 26.5 Å². The maximum Gasteiger partial charge on any atom is 0.0859 e. The van der Waals surface area contributed by atoms with Gasteiger partial charge in [-0.2, -0.15) is 0 Å². The molecule has 3 heteroatoms. The summed E-state index contributed by atoms with van der Waals surface area (Å²) >= 11 is 1.92. The normalized spacial score (nSPS) is 17.0. The predicted octanol–water partition coefficient (Wildman–Crippen LogP) is 5.68. The first-order valence-corrected chi connectivity index (χ1v) is 12.1. The smallest absolute Gasteiger partial charge is 0.0859 e. The maximum atomic E-state index is 5.15. The fourth-order valence-corrected chi connectivity index (χ4v) is 7.21. The molecular weight excluding hydrogens is 377 g/mol. The van der Waals surface area contributed by atoms with Crippen LogP contribution in [-0.4, -0.2) is 10.8 Å². The van der Waals surface area contributed by atoms with Gasteiger partial charge in [0, 0.05) is 11.2 Å². The van der Waals surface area contributed by atoms with E-state index in [1.807, 2.05) is 11.8 Å². The summed E-state index contributed by atoms with van der Waals surface area (Å²) in [5, 5.41) is 5.49. The molecular formula is C25H26NPS. The lowest BCUT2D eigenvalue weighted by Gasteiger charge is -2.23. The van der Waals surface area contributed by atoms with E-state index < -0.39 is 7.92 Å². The third-order valence-electron chi connectivity index (χ3n) is 4.86. The van der Waals surface area contributed by atoms with Gasteiger partial charge >= 0.3 is 0 Å². The van der Waals surface area contributed by atoms with Crippen molar-refractivity contribution in [1.82, 2.24) is 0 Å². The van der Waals surface area contributed by atoms with Gasteiger partial charge in [0.2, 0.25) is 0 Å². The van der Waals surface area contributed by atoms with E-state index in [-0.39, 0.29) is 11.5 Å². The third-order valence-corrected chi connectivity index (χ3v) is 8.85. The van der Waals surface area contributed by atoms with Gasteiger partial charge in [0.1, 0.15) is 0 Å². The molecule has 0 saturated carbocycles. The highest BCUT2D eigenvalue weighted by Gasteiger charge is 2.30. The molecule has 1 heterocycles. The summed E-state index contributed by atoms with van der Waals surface area (Å²) in [6.07, 6.45) is 0. The fourth-order valence-electron chi connectivity index (χ4n) is 3.50. The largest absolute Gasteiger partial charge is 0.273 e. The monoisotopic (exact) mass is 403 g/mol. The van der Waals surface area contributed by atoms with Crippen LogP contribution in [0.2, 0.25) is 0 Å². The molecule has 0 bridgehead atoms. The van der Waals surface area contributed by atoms with Gasteiger partial charge in [-0.15, -0.1) is 11.8 Å². The van der Waals surface area contributed by atoms with Gasteiger partial charge in [-0.3, -0.25) is 4.99 Å². The second-order valence-electron chi connectivity index (χ2n) is 8.08. The topological polar surface area (TPSA) is 12.4 Å². The van der Waals surface area contributed by atoms with Gasteiger partial charge in [0.05, 0.1) is 11.1 Å². The highest BCUT2D eigenvalue weighted by atomic mass is 32.2. The summed E-state index contributed by atoms with van der Waals surface area (Å²) in [5.41, 5.74) is 1.51. The lowest BCUT2D eigenvalue weighted by molar-refractivity contribution is 0.597. The van der Waals surface area contributed by atoms with Crippen LogP contribution in [0.5, 0.6) is 0 Å². The molecule has 0 aromatic heterocycles. The molecule has 28 heavy (non-hydrogen) atoms. The Hall–Kier alpha value is -1.89. The van der Waals surface area contributed by atoms with Crippen molar-refractivity contribution in [2.45, 2.75) is 26.8 Å². The van der Waals surface area contributed by atoms with Crippen LogP contribution >= 0.6 is 19.7 Å². The SMILES string of the molecule is CC(C)(C)C1=N[C@@H](c2ccccc2P(c2ccccc2)c2ccccc2)CS1. The Kier molecular flexibility index (Phi) is 5.71. The molecule has 142 valence electrons. The van der Waals surface area contributed by atoms with E-state index in [4.69, 9.17) is 4.99 Å². The first-order valence-electron chi connectivity index (χ1n) is 9.74. The van der Waals surface area contributed by atoms with Crippen LogP contribution in [0.1, 0.15) is 32.4 Å². The van der Waals surface area contributed by atoms with Crippen LogP contribution in [0.15, 0.2) is 89.9 Å². The van der Waals surface area contributed by atoms with Gasteiger partial charge in [0.15, 0.2) is 0 Å². The molecule has 1 atom stereocenters. The Balaban J connectivity index is 1.82. The van der Waals surface area contributed by atoms with Crippen molar-refractivity contribution >= 4 is 40.6 Å². The number of nitrogens with zero attached hydrogens (tertiary/aromatic N) is 1. The quantitative estimate of drug-likeness (QED) is 0.511. The first-order chi connectivity index (χ1) is 13.5. The molecule has 0 amide bonds. The minimum absolute atomic E-state index is 0.123. The van der Waals surface area contributed by atoms with Crippen molar-refractivity contribution in [3.63, 3.8) is 0 Å². The number of aliphatic imine (C=N–C) groups is 1. The van der Waals surface area contributed by atoms with Crippen LogP contribution in [0, 0.1) is 5.41 Å². The number of rotatable bonds is 4. The summed E-state index contributed by atoms with van der Waals surface area (Å²) < 4.78 is 0. The summed E-state index contributed by atoms with van der Waals surface area (Å²) in [4.78, 5) is 5.15. The van der Waals surface area contributed by atoms with E-state index in [0.29, 0.717) is 0 Å². The zero-order chi connectivity index (χ0) is 19.6. The van der Waals surface area contributed by atoms with Crippen LogP contribution < -0.4 is 15.9 Å². The van der Waals surface area contributed by atoms with Crippen LogP contribution in [0.25, 0.3) is 0 Å². The minimum atomic E-state index is -0.604. The van der Waals surface area contributed by atoms with Gasteiger partial charge in [-0.1, -0.05) is 106 Å². The maximum absolute atomic E-state index is 5.15. The predicted molar refractivity (Wildman–Crippen MR) is 127 cm³/mol. The summed E-state index contributed by atoms with van der Waals surface area (Å²) in [7, 11) is -0.604. The van der Waals surface area contributed by atoms with E-state index >= 15 is 0 Å². The van der Waals surface area contributed by atoms with E-state index in [1.54, 1.807) is 0 Å². The number of thioether (sulfide) groups is 1. The third kappa shape index (κ3) is 4.09. The van der Waals surface area contributed by atoms with E-state index in [0.717, 1.165) is 5.75 Å². The average Bonchev–Trinajstić information content (AvgIpc) is 3.21. The minimum Gasteiger partial charge on any atom is -0.273 e. The van der Waals surface area contributed by atoms with E-state index in [2.05, 4.69) is 106 Å².